The Morgan fingerprint density at radius 2 is 1.95 bits per heavy atom. The first-order chi connectivity index (χ1) is 10.1. The van der Waals surface area contributed by atoms with Crippen LogP contribution in [0.1, 0.15) is 18.9 Å². The van der Waals surface area contributed by atoms with Crippen molar-refractivity contribution in [2.24, 2.45) is 0 Å². The predicted octanol–water partition coefficient (Wildman–Crippen LogP) is 1.86. The van der Waals surface area contributed by atoms with Crippen LogP contribution in [0.25, 0.3) is 0 Å². The SMILES string of the molecule is Cc1ccc(S(C)(=O)=O)cc1NC(=O)NC(C)CCN(C)C. The molecule has 1 unspecified atom stereocenters. The van der Waals surface area contributed by atoms with Gasteiger partial charge in [-0.15, -0.1) is 0 Å². The van der Waals surface area contributed by atoms with E-state index >= 15 is 0 Å². The van der Waals surface area contributed by atoms with Crippen LogP contribution >= 0.6 is 0 Å². The van der Waals surface area contributed by atoms with Crippen LogP contribution in [0.15, 0.2) is 23.1 Å². The van der Waals surface area contributed by atoms with E-state index in [1.54, 1.807) is 6.07 Å². The van der Waals surface area contributed by atoms with Crippen molar-refractivity contribution < 1.29 is 13.2 Å². The van der Waals surface area contributed by atoms with Gasteiger partial charge in [0.15, 0.2) is 9.84 Å². The number of rotatable bonds is 6. The van der Waals surface area contributed by atoms with Crippen molar-refractivity contribution in [3.63, 3.8) is 0 Å². The molecule has 1 aromatic rings. The number of hydrogen-bond donors (Lipinski definition) is 2. The van der Waals surface area contributed by atoms with Crippen molar-refractivity contribution in [2.45, 2.75) is 31.2 Å². The van der Waals surface area contributed by atoms with Gasteiger partial charge in [-0.05, 0) is 58.6 Å². The van der Waals surface area contributed by atoms with Gasteiger partial charge in [-0.25, -0.2) is 13.2 Å². The smallest absolute Gasteiger partial charge is 0.319 e. The summed E-state index contributed by atoms with van der Waals surface area (Å²) in [7, 11) is 0.662. The van der Waals surface area contributed by atoms with Crippen molar-refractivity contribution in [3.05, 3.63) is 23.8 Å². The van der Waals surface area contributed by atoms with Crippen molar-refractivity contribution in [1.82, 2.24) is 10.2 Å². The Morgan fingerprint density at radius 1 is 1.32 bits per heavy atom. The standard InChI is InChI=1S/C15H25N3O3S/c1-11-6-7-13(22(5,20)21)10-14(11)17-15(19)16-12(2)8-9-18(3)4/h6-7,10,12H,8-9H2,1-5H3,(H2,16,17,19). The Hall–Kier alpha value is -1.60. The number of amides is 2. The van der Waals surface area contributed by atoms with E-state index in [0.717, 1.165) is 24.8 Å². The molecule has 6 nitrogen and oxygen atoms in total. The van der Waals surface area contributed by atoms with Crippen LogP contribution in [0.4, 0.5) is 10.5 Å². The second-order valence-electron chi connectivity index (χ2n) is 5.84. The molecule has 22 heavy (non-hydrogen) atoms. The molecular formula is C15H25N3O3S. The number of urea groups is 1. The van der Waals surface area contributed by atoms with Crippen molar-refractivity contribution in [2.75, 3.05) is 32.2 Å². The minimum atomic E-state index is -3.30. The van der Waals surface area contributed by atoms with Gasteiger partial charge in [-0.2, -0.15) is 0 Å². The van der Waals surface area contributed by atoms with Gasteiger partial charge in [0.2, 0.25) is 0 Å². The van der Waals surface area contributed by atoms with E-state index in [4.69, 9.17) is 0 Å². The largest absolute Gasteiger partial charge is 0.335 e. The first-order valence-corrected chi connectivity index (χ1v) is 9.01. The van der Waals surface area contributed by atoms with E-state index in [1.165, 1.54) is 12.1 Å². The zero-order chi connectivity index (χ0) is 16.9. The van der Waals surface area contributed by atoms with Gasteiger partial charge in [0.1, 0.15) is 0 Å². The molecule has 2 N–H and O–H groups in total. The Kier molecular flexibility index (Phi) is 6.37. The minimum absolute atomic E-state index is 0.0285. The van der Waals surface area contributed by atoms with Gasteiger partial charge in [-0.3, -0.25) is 0 Å². The van der Waals surface area contributed by atoms with E-state index in [0.29, 0.717) is 5.69 Å². The second kappa shape index (κ2) is 7.60. The number of anilines is 1. The molecule has 1 rings (SSSR count). The molecule has 1 aromatic carbocycles. The highest BCUT2D eigenvalue weighted by Gasteiger charge is 2.12. The number of sulfone groups is 1. The third-order valence-corrected chi connectivity index (χ3v) is 4.38. The number of carbonyl (C=O) groups is 1. The molecule has 1 atom stereocenters. The predicted molar refractivity (Wildman–Crippen MR) is 89.1 cm³/mol. The van der Waals surface area contributed by atoms with Gasteiger partial charge in [0.05, 0.1) is 4.90 Å². The third kappa shape index (κ3) is 6.03. The highest BCUT2D eigenvalue weighted by atomic mass is 32.2. The average Bonchev–Trinajstić information content (AvgIpc) is 2.37. The normalized spacial score (nSPS) is 13.0. The lowest BCUT2D eigenvalue weighted by atomic mass is 10.2. The van der Waals surface area contributed by atoms with Crippen molar-refractivity contribution >= 4 is 21.6 Å². The van der Waals surface area contributed by atoms with Crippen LogP contribution < -0.4 is 10.6 Å². The van der Waals surface area contributed by atoms with Crippen LogP contribution in [0.5, 0.6) is 0 Å². The molecule has 0 aliphatic carbocycles. The fraction of sp³-hybridized carbons (Fsp3) is 0.533. The molecule has 0 spiro atoms. The van der Waals surface area contributed by atoms with E-state index in [1.807, 2.05) is 27.9 Å². The fourth-order valence-electron chi connectivity index (χ4n) is 1.87. The Morgan fingerprint density at radius 3 is 2.50 bits per heavy atom. The molecule has 2 amide bonds. The quantitative estimate of drug-likeness (QED) is 0.836. The highest BCUT2D eigenvalue weighted by molar-refractivity contribution is 7.90. The summed E-state index contributed by atoms with van der Waals surface area (Å²) in [5.74, 6) is 0. The molecule has 0 fully saturated rings. The van der Waals surface area contributed by atoms with Crippen molar-refractivity contribution in [1.29, 1.82) is 0 Å². The molecule has 0 saturated carbocycles. The number of nitrogens with zero attached hydrogens (tertiary/aromatic N) is 1. The molecular weight excluding hydrogens is 302 g/mol. The van der Waals surface area contributed by atoms with E-state index < -0.39 is 9.84 Å². The first-order valence-electron chi connectivity index (χ1n) is 7.12. The lowest BCUT2D eigenvalue weighted by molar-refractivity contribution is 0.247. The molecule has 0 radical (unpaired) electrons. The van der Waals surface area contributed by atoms with E-state index in [-0.39, 0.29) is 17.0 Å². The second-order valence-corrected chi connectivity index (χ2v) is 7.86. The van der Waals surface area contributed by atoms with Gasteiger partial charge in [0, 0.05) is 18.0 Å². The lowest BCUT2D eigenvalue weighted by Gasteiger charge is -2.18. The summed E-state index contributed by atoms with van der Waals surface area (Å²) >= 11 is 0. The summed E-state index contributed by atoms with van der Waals surface area (Å²) in [4.78, 5) is 14.2. The summed E-state index contributed by atoms with van der Waals surface area (Å²) in [5, 5.41) is 5.56. The molecule has 0 bridgehead atoms. The zero-order valence-electron chi connectivity index (χ0n) is 13.8. The third-order valence-electron chi connectivity index (χ3n) is 3.27. The van der Waals surface area contributed by atoms with Crippen LogP contribution in [0.3, 0.4) is 0 Å². The minimum Gasteiger partial charge on any atom is -0.335 e. The highest BCUT2D eigenvalue weighted by Crippen LogP contribution is 2.20. The van der Waals surface area contributed by atoms with Gasteiger partial charge in [0.25, 0.3) is 0 Å². The summed E-state index contributed by atoms with van der Waals surface area (Å²) in [6, 6.07) is 4.39. The first kappa shape index (κ1) is 18.4. The zero-order valence-corrected chi connectivity index (χ0v) is 14.6. The van der Waals surface area contributed by atoms with Gasteiger partial charge >= 0.3 is 6.03 Å². The molecule has 0 aliphatic rings. The fourth-order valence-corrected chi connectivity index (χ4v) is 2.52. The molecule has 7 heteroatoms. The average molecular weight is 327 g/mol. The lowest BCUT2D eigenvalue weighted by Crippen LogP contribution is -2.37. The topological polar surface area (TPSA) is 78.5 Å². The van der Waals surface area contributed by atoms with E-state index in [9.17, 15) is 13.2 Å². The Balaban J connectivity index is 2.72. The van der Waals surface area contributed by atoms with Crippen LogP contribution in [-0.2, 0) is 9.84 Å². The molecule has 124 valence electrons. The summed E-state index contributed by atoms with van der Waals surface area (Å²) in [6.07, 6.45) is 1.98. The van der Waals surface area contributed by atoms with Crippen LogP contribution in [0.2, 0.25) is 0 Å². The number of nitrogens with one attached hydrogen (secondary N) is 2. The van der Waals surface area contributed by atoms with Crippen molar-refractivity contribution in [3.8, 4) is 0 Å². The number of carbonyl (C=O) groups excluding carboxylic acids is 1. The maximum absolute atomic E-state index is 12.0. The van der Waals surface area contributed by atoms with Gasteiger partial charge in [-0.1, -0.05) is 6.07 Å². The maximum Gasteiger partial charge on any atom is 0.319 e. The van der Waals surface area contributed by atoms with Gasteiger partial charge < -0.3 is 15.5 Å². The Bertz CT molecular complexity index is 627. The number of benzene rings is 1. The number of hydrogen-bond acceptors (Lipinski definition) is 4. The monoisotopic (exact) mass is 327 g/mol. The molecule has 0 aliphatic heterocycles. The molecule has 0 saturated heterocycles. The van der Waals surface area contributed by atoms with E-state index in [2.05, 4.69) is 15.5 Å². The number of aryl methyl sites for hydroxylation is 1. The summed E-state index contributed by atoms with van der Waals surface area (Å²) < 4.78 is 23.2. The molecule has 0 aromatic heterocycles. The summed E-state index contributed by atoms with van der Waals surface area (Å²) in [6.45, 7) is 4.63. The summed E-state index contributed by atoms with van der Waals surface area (Å²) in [5.41, 5.74) is 1.31. The molecule has 0 heterocycles. The maximum atomic E-state index is 12.0. The van der Waals surface area contributed by atoms with Crippen LogP contribution in [0, 0.1) is 6.92 Å². The van der Waals surface area contributed by atoms with Crippen LogP contribution in [-0.4, -0.2) is 52.3 Å². The Labute approximate surface area is 132 Å².